The van der Waals surface area contributed by atoms with Crippen LogP contribution in [0.2, 0.25) is 0 Å². The molecular weight excluding hydrogens is 338 g/mol. The summed E-state index contributed by atoms with van der Waals surface area (Å²) in [6, 6.07) is 5.45. The van der Waals surface area contributed by atoms with E-state index in [2.05, 4.69) is 5.32 Å². The lowest BCUT2D eigenvalue weighted by Crippen LogP contribution is -2.38. The number of nitrogens with one attached hydrogen (secondary N) is 1. The molecule has 0 aliphatic carbocycles. The minimum atomic E-state index is -0.586. The molecule has 0 bridgehead atoms. The SMILES string of the molecule is CN1C(=O)Cc2cc(N3C[C@H](CNC(=O)OC(C)(C)C)OC3=O)ccc21. The van der Waals surface area contributed by atoms with Gasteiger partial charge >= 0.3 is 12.2 Å². The van der Waals surface area contributed by atoms with Crippen LogP contribution in [-0.2, 0) is 20.7 Å². The fraction of sp³-hybridized carbons (Fsp3) is 0.500. The van der Waals surface area contributed by atoms with Gasteiger partial charge in [0.1, 0.15) is 11.7 Å². The third kappa shape index (κ3) is 3.74. The number of benzene rings is 1. The van der Waals surface area contributed by atoms with E-state index in [9.17, 15) is 14.4 Å². The van der Waals surface area contributed by atoms with Gasteiger partial charge in [-0.05, 0) is 44.5 Å². The average molecular weight is 361 g/mol. The second-order valence-corrected chi connectivity index (χ2v) is 7.44. The van der Waals surface area contributed by atoms with Crippen molar-refractivity contribution in [1.82, 2.24) is 5.32 Å². The van der Waals surface area contributed by atoms with Gasteiger partial charge in [-0.2, -0.15) is 0 Å². The van der Waals surface area contributed by atoms with Crippen LogP contribution in [0.5, 0.6) is 0 Å². The summed E-state index contributed by atoms with van der Waals surface area (Å²) in [6.45, 7) is 5.82. The first-order chi connectivity index (χ1) is 12.1. The van der Waals surface area contributed by atoms with Crippen LogP contribution in [0.3, 0.4) is 0 Å². The van der Waals surface area contributed by atoms with Crippen molar-refractivity contribution >= 4 is 29.5 Å². The number of carbonyl (C=O) groups excluding carboxylic acids is 3. The second-order valence-electron chi connectivity index (χ2n) is 7.44. The molecule has 0 radical (unpaired) electrons. The predicted molar refractivity (Wildman–Crippen MR) is 95.4 cm³/mol. The topological polar surface area (TPSA) is 88.2 Å². The Labute approximate surface area is 152 Å². The van der Waals surface area contributed by atoms with E-state index in [0.29, 0.717) is 18.7 Å². The first-order valence-corrected chi connectivity index (χ1v) is 8.48. The highest BCUT2D eigenvalue weighted by atomic mass is 16.6. The molecular formula is C18H23N3O5. The third-order valence-electron chi connectivity index (χ3n) is 4.20. The smallest absolute Gasteiger partial charge is 0.414 e. The van der Waals surface area contributed by atoms with Crippen molar-refractivity contribution < 1.29 is 23.9 Å². The maximum atomic E-state index is 12.2. The van der Waals surface area contributed by atoms with Crippen molar-refractivity contribution in [1.29, 1.82) is 0 Å². The van der Waals surface area contributed by atoms with E-state index in [-0.39, 0.29) is 12.5 Å². The standard InChI is InChI=1S/C18H23N3O5/c1-18(2,3)26-16(23)19-9-13-10-21(17(24)25-13)12-5-6-14-11(7-12)8-15(22)20(14)4/h5-7,13H,8-10H2,1-4H3,(H,19,23)/t13-/m0/s1. The number of fused-ring (bicyclic) bond motifs is 1. The zero-order valence-corrected chi connectivity index (χ0v) is 15.4. The molecule has 0 unspecified atom stereocenters. The molecule has 0 aromatic heterocycles. The van der Waals surface area contributed by atoms with Crippen LogP contribution in [0, 0.1) is 0 Å². The summed E-state index contributed by atoms with van der Waals surface area (Å²) in [4.78, 5) is 38.8. The number of likely N-dealkylation sites (N-methyl/N-ethyl adjacent to an activating group) is 1. The highest BCUT2D eigenvalue weighted by Gasteiger charge is 2.34. The molecule has 8 nitrogen and oxygen atoms in total. The second kappa shape index (κ2) is 6.51. The molecule has 8 heteroatoms. The predicted octanol–water partition coefficient (Wildman–Crippen LogP) is 2.06. The van der Waals surface area contributed by atoms with Crippen LogP contribution in [-0.4, -0.2) is 49.9 Å². The summed E-state index contributed by atoms with van der Waals surface area (Å²) in [5.41, 5.74) is 1.83. The number of cyclic esters (lactones) is 1. The number of hydrogen-bond donors (Lipinski definition) is 1. The Hall–Kier alpha value is -2.77. The third-order valence-corrected chi connectivity index (χ3v) is 4.20. The lowest BCUT2D eigenvalue weighted by molar-refractivity contribution is -0.117. The maximum absolute atomic E-state index is 12.2. The van der Waals surface area contributed by atoms with Crippen molar-refractivity contribution in [2.45, 2.75) is 38.9 Å². The van der Waals surface area contributed by atoms with Crippen molar-refractivity contribution in [2.75, 3.05) is 29.9 Å². The van der Waals surface area contributed by atoms with E-state index in [1.807, 2.05) is 12.1 Å². The number of nitrogens with zero attached hydrogens (tertiary/aromatic N) is 2. The molecule has 1 aromatic carbocycles. The molecule has 1 aromatic rings. The molecule has 3 rings (SSSR count). The van der Waals surface area contributed by atoms with Gasteiger partial charge in [-0.1, -0.05) is 0 Å². The van der Waals surface area contributed by atoms with Gasteiger partial charge in [0.25, 0.3) is 0 Å². The van der Waals surface area contributed by atoms with Gasteiger partial charge in [-0.3, -0.25) is 9.69 Å². The van der Waals surface area contributed by atoms with E-state index in [1.165, 1.54) is 4.90 Å². The quantitative estimate of drug-likeness (QED) is 0.890. The minimum Gasteiger partial charge on any atom is -0.444 e. The molecule has 1 atom stereocenters. The van der Waals surface area contributed by atoms with Gasteiger partial charge < -0.3 is 19.7 Å². The Bertz CT molecular complexity index is 756. The van der Waals surface area contributed by atoms with Crippen molar-refractivity contribution in [3.8, 4) is 0 Å². The minimum absolute atomic E-state index is 0.0283. The van der Waals surface area contributed by atoms with E-state index < -0.39 is 23.9 Å². The summed E-state index contributed by atoms with van der Waals surface area (Å²) in [5.74, 6) is 0.0283. The van der Waals surface area contributed by atoms with Crippen molar-refractivity contribution in [2.24, 2.45) is 0 Å². The molecule has 2 aliphatic heterocycles. The van der Waals surface area contributed by atoms with E-state index >= 15 is 0 Å². The van der Waals surface area contributed by atoms with E-state index in [1.54, 1.807) is 38.8 Å². The molecule has 2 heterocycles. The summed E-state index contributed by atoms with van der Waals surface area (Å²) < 4.78 is 10.5. The number of anilines is 2. The van der Waals surface area contributed by atoms with Gasteiger partial charge in [-0.15, -0.1) is 0 Å². The first kappa shape index (κ1) is 18.0. The number of amides is 3. The van der Waals surface area contributed by atoms with Crippen LogP contribution in [0.1, 0.15) is 26.3 Å². The van der Waals surface area contributed by atoms with Gasteiger partial charge in [-0.25, -0.2) is 9.59 Å². The van der Waals surface area contributed by atoms with Crippen molar-refractivity contribution in [3.05, 3.63) is 23.8 Å². The summed E-state index contributed by atoms with van der Waals surface area (Å²) >= 11 is 0. The highest BCUT2D eigenvalue weighted by Crippen LogP contribution is 2.32. The average Bonchev–Trinajstić information content (AvgIpc) is 3.04. The van der Waals surface area contributed by atoms with Gasteiger partial charge in [0, 0.05) is 18.4 Å². The Morgan fingerprint density at radius 1 is 1.35 bits per heavy atom. The van der Waals surface area contributed by atoms with Crippen LogP contribution < -0.4 is 15.1 Å². The fourth-order valence-corrected chi connectivity index (χ4v) is 2.97. The number of alkyl carbamates (subject to hydrolysis) is 1. The molecule has 1 N–H and O–H groups in total. The van der Waals surface area contributed by atoms with Gasteiger partial charge in [0.05, 0.1) is 19.5 Å². The highest BCUT2D eigenvalue weighted by molar-refractivity contribution is 6.02. The summed E-state index contributed by atoms with van der Waals surface area (Å²) in [5, 5.41) is 2.61. The Morgan fingerprint density at radius 3 is 2.77 bits per heavy atom. The largest absolute Gasteiger partial charge is 0.444 e. The van der Waals surface area contributed by atoms with Crippen LogP contribution >= 0.6 is 0 Å². The zero-order chi connectivity index (χ0) is 19.1. The lowest BCUT2D eigenvalue weighted by Gasteiger charge is -2.20. The van der Waals surface area contributed by atoms with Crippen LogP contribution in [0.4, 0.5) is 21.0 Å². The lowest BCUT2D eigenvalue weighted by atomic mass is 10.1. The van der Waals surface area contributed by atoms with E-state index in [4.69, 9.17) is 9.47 Å². The normalized spacial score (nSPS) is 19.5. The zero-order valence-electron chi connectivity index (χ0n) is 15.4. The maximum Gasteiger partial charge on any atom is 0.414 e. The van der Waals surface area contributed by atoms with Crippen molar-refractivity contribution in [3.63, 3.8) is 0 Å². The monoisotopic (exact) mass is 361 g/mol. The molecule has 26 heavy (non-hydrogen) atoms. The Balaban J connectivity index is 1.61. The Morgan fingerprint density at radius 2 is 2.08 bits per heavy atom. The van der Waals surface area contributed by atoms with Crippen LogP contribution in [0.15, 0.2) is 18.2 Å². The van der Waals surface area contributed by atoms with Crippen LogP contribution in [0.25, 0.3) is 0 Å². The molecule has 0 saturated carbocycles. The first-order valence-electron chi connectivity index (χ1n) is 8.48. The fourth-order valence-electron chi connectivity index (χ4n) is 2.97. The number of hydrogen-bond acceptors (Lipinski definition) is 5. The molecule has 2 aliphatic rings. The summed E-state index contributed by atoms with van der Waals surface area (Å²) in [7, 11) is 1.73. The summed E-state index contributed by atoms with van der Waals surface area (Å²) in [6.07, 6.45) is -1.16. The molecule has 1 fully saturated rings. The van der Waals surface area contributed by atoms with E-state index in [0.717, 1.165) is 11.3 Å². The van der Waals surface area contributed by atoms with Gasteiger partial charge in [0.15, 0.2) is 0 Å². The molecule has 1 saturated heterocycles. The Kier molecular flexibility index (Phi) is 4.52. The molecule has 0 spiro atoms. The number of rotatable bonds is 3. The number of ether oxygens (including phenoxy) is 2. The molecule has 140 valence electrons. The number of carbonyl (C=O) groups is 3. The molecule has 3 amide bonds. The van der Waals surface area contributed by atoms with Gasteiger partial charge in [0.2, 0.25) is 5.91 Å².